The van der Waals surface area contributed by atoms with Crippen molar-refractivity contribution in [3.8, 4) is 45.5 Å². The Hall–Kier alpha value is -6.85. The summed E-state index contributed by atoms with van der Waals surface area (Å²) in [6, 6.07) is 57.8. The molecule has 0 aliphatic heterocycles. The van der Waals surface area contributed by atoms with Crippen molar-refractivity contribution in [3.63, 3.8) is 0 Å². The molecule has 52 heavy (non-hydrogen) atoms. The predicted octanol–water partition coefficient (Wildman–Crippen LogP) is 11.7. The highest BCUT2D eigenvalue weighted by Gasteiger charge is 2.20. The van der Waals surface area contributed by atoms with Crippen molar-refractivity contribution < 1.29 is 0 Å². The lowest BCUT2D eigenvalue weighted by atomic mass is 10.1. The van der Waals surface area contributed by atoms with Gasteiger partial charge in [-0.05, 0) is 74.5 Å². The third-order valence-corrected chi connectivity index (χ3v) is 10.1. The van der Waals surface area contributed by atoms with Gasteiger partial charge in [0.2, 0.25) is 0 Å². The summed E-state index contributed by atoms with van der Waals surface area (Å²) in [5.41, 5.74) is 12.1. The third-order valence-electron chi connectivity index (χ3n) is 10.1. The van der Waals surface area contributed by atoms with Crippen molar-refractivity contribution in [2.45, 2.75) is 13.8 Å². The van der Waals surface area contributed by atoms with Crippen LogP contribution in [0.3, 0.4) is 0 Å². The van der Waals surface area contributed by atoms with E-state index < -0.39 is 0 Å². The summed E-state index contributed by atoms with van der Waals surface area (Å²) >= 11 is 0. The van der Waals surface area contributed by atoms with Crippen LogP contribution in [0, 0.1) is 13.8 Å². The van der Waals surface area contributed by atoms with Gasteiger partial charge >= 0.3 is 0 Å². The first-order valence-corrected chi connectivity index (χ1v) is 17.6. The molecule has 7 aromatic carbocycles. The molecule has 0 amide bonds. The van der Waals surface area contributed by atoms with Crippen LogP contribution >= 0.6 is 0 Å². The molecule has 246 valence electrons. The van der Waals surface area contributed by atoms with E-state index in [1.54, 1.807) is 0 Å². The number of aryl methyl sites for hydroxylation is 2. The van der Waals surface area contributed by atoms with Crippen LogP contribution in [0.1, 0.15) is 11.1 Å². The van der Waals surface area contributed by atoms with Crippen LogP contribution in [0.25, 0.3) is 89.2 Å². The second-order valence-corrected chi connectivity index (χ2v) is 13.5. The number of benzene rings is 7. The van der Waals surface area contributed by atoms with Crippen LogP contribution < -0.4 is 0 Å². The van der Waals surface area contributed by atoms with E-state index in [-0.39, 0.29) is 0 Å². The topological polar surface area (TPSA) is 48.5 Å². The molecule has 0 unspecified atom stereocenters. The first kappa shape index (κ1) is 30.0. The molecule has 3 aromatic heterocycles. The molecule has 10 rings (SSSR count). The number of aromatic nitrogens is 5. The Morgan fingerprint density at radius 3 is 1.50 bits per heavy atom. The van der Waals surface area contributed by atoms with Crippen LogP contribution in [0.15, 0.2) is 164 Å². The molecule has 0 saturated carbocycles. The van der Waals surface area contributed by atoms with Crippen molar-refractivity contribution in [3.05, 3.63) is 175 Å². The van der Waals surface area contributed by atoms with Crippen molar-refractivity contribution in [1.82, 2.24) is 24.1 Å². The standard InChI is InChI=1S/C47H33N5/c1-30-21-24-42-37(27-30)38-28-31(2)22-25-43(38)51(42)34-23-26-44-39(29-34)35-17-9-11-19-40(35)52(44)41-20-12-10-18-36(41)47-49-45(32-13-5-3-6-14-32)48-46(50-47)33-15-7-4-8-16-33/h3-29H,1-2H3. The minimum absolute atomic E-state index is 0.627. The summed E-state index contributed by atoms with van der Waals surface area (Å²) in [6.07, 6.45) is 0. The highest BCUT2D eigenvalue weighted by molar-refractivity contribution is 6.12. The monoisotopic (exact) mass is 667 g/mol. The normalized spacial score (nSPS) is 11.7. The third kappa shape index (κ3) is 4.82. The molecular formula is C47H33N5. The van der Waals surface area contributed by atoms with Gasteiger partial charge in [-0.2, -0.15) is 0 Å². The van der Waals surface area contributed by atoms with Crippen LogP contribution in [-0.4, -0.2) is 24.1 Å². The molecule has 5 heteroatoms. The molecule has 0 saturated heterocycles. The van der Waals surface area contributed by atoms with Gasteiger partial charge in [-0.15, -0.1) is 0 Å². The lowest BCUT2D eigenvalue weighted by Crippen LogP contribution is -2.03. The Morgan fingerprint density at radius 2 is 0.846 bits per heavy atom. The number of hydrogen-bond donors (Lipinski definition) is 0. The van der Waals surface area contributed by atoms with E-state index in [1.165, 1.54) is 43.7 Å². The molecule has 0 spiro atoms. The predicted molar refractivity (Wildman–Crippen MR) is 214 cm³/mol. The largest absolute Gasteiger partial charge is 0.309 e. The van der Waals surface area contributed by atoms with Crippen LogP contribution in [-0.2, 0) is 0 Å². The average molecular weight is 668 g/mol. The number of nitrogens with zero attached hydrogens (tertiary/aromatic N) is 5. The first-order chi connectivity index (χ1) is 25.6. The van der Waals surface area contributed by atoms with Crippen LogP contribution in [0.4, 0.5) is 0 Å². The van der Waals surface area contributed by atoms with Gasteiger partial charge in [-0.1, -0.05) is 114 Å². The Kier molecular flexibility index (Phi) is 6.86. The van der Waals surface area contributed by atoms with Gasteiger partial charge in [0.25, 0.3) is 0 Å². The maximum atomic E-state index is 5.11. The average Bonchev–Trinajstić information content (AvgIpc) is 3.70. The molecule has 3 heterocycles. The van der Waals surface area contributed by atoms with E-state index in [4.69, 9.17) is 15.0 Å². The molecule has 10 aromatic rings. The van der Waals surface area contributed by atoms with E-state index in [0.29, 0.717) is 17.5 Å². The van der Waals surface area contributed by atoms with E-state index >= 15 is 0 Å². The quantitative estimate of drug-likeness (QED) is 0.184. The Bertz CT molecular complexity index is 2860. The molecule has 0 radical (unpaired) electrons. The number of para-hydroxylation sites is 2. The van der Waals surface area contributed by atoms with Gasteiger partial charge < -0.3 is 9.13 Å². The first-order valence-electron chi connectivity index (χ1n) is 17.6. The van der Waals surface area contributed by atoms with Crippen LogP contribution in [0.2, 0.25) is 0 Å². The maximum Gasteiger partial charge on any atom is 0.166 e. The summed E-state index contributed by atoms with van der Waals surface area (Å²) in [4.78, 5) is 15.2. The number of hydrogen-bond acceptors (Lipinski definition) is 3. The summed E-state index contributed by atoms with van der Waals surface area (Å²) in [5, 5.41) is 4.92. The smallest absolute Gasteiger partial charge is 0.166 e. The zero-order chi connectivity index (χ0) is 34.8. The van der Waals surface area contributed by atoms with Gasteiger partial charge in [0, 0.05) is 43.9 Å². The lowest BCUT2D eigenvalue weighted by molar-refractivity contribution is 1.06. The molecule has 0 atom stereocenters. The van der Waals surface area contributed by atoms with Gasteiger partial charge in [0.1, 0.15) is 0 Å². The number of fused-ring (bicyclic) bond motifs is 6. The van der Waals surface area contributed by atoms with E-state index in [0.717, 1.165) is 39.1 Å². The SMILES string of the molecule is Cc1ccc2c(c1)c1cc(C)ccc1n2-c1ccc2c(c1)c1ccccc1n2-c1ccccc1-c1nc(-c2ccccc2)nc(-c2ccccc2)n1. The van der Waals surface area contributed by atoms with Crippen molar-refractivity contribution in [2.75, 3.05) is 0 Å². The lowest BCUT2D eigenvalue weighted by Gasteiger charge is -2.15. The van der Waals surface area contributed by atoms with Gasteiger partial charge in [0.05, 0.1) is 27.8 Å². The van der Waals surface area contributed by atoms with E-state index in [2.05, 4.69) is 126 Å². The second-order valence-electron chi connectivity index (χ2n) is 13.5. The van der Waals surface area contributed by atoms with E-state index in [9.17, 15) is 0 Å². The van der Waals surface area contributed by atoms with E-state index in [1.807, 2.05) is 60.7 Å². The number of rotatable bonds is 5. The summed E-state index contributed by atoms with van der Waals surface area (Å²) in [7, 11) is 0. The summed E-state index contributed by atoms with van der Waals surface area (Å²) in [5.74, 6) is 1.91. The molecular weight excluding hydrogens is 635 g/mol. The molecule has 0 N–H and O–H groups in total. The minimum Gasteiger partial charge on any atom is -0.309 e. The summed E-state index contributed by atoms with van der Waals surface area (Å²) < 4.78 is 4.76. The summed E-state index contributed by atoms with van der Waals surface area (Å²) in [6.45, 7) is 4.33. The second kappa shape index (κ2) is 11.9. The molecule has 0 aliphatic rings. The van der Waals surface area contributed by atoms with Gasteiger partial charge in [-0.25, -0.2) is 15.0 Å². The van der Waals surface area contributed by atoms with Crippen molar-refractivity contribution >= 4 is 43.6 Å². The fourth-order valence-electron chi connectivity index (χ4n) is 7.68. The van der Waals surface area contributed by atoms with Crippen molar-refractivity contribution in [1.29, 1.82) is 0 Å². The Balaban J connectivity index is 1.21. The zero-order valence-corrected chi connectivity index (χ0v) is 28.8. The Labute approximate surface area is 301 Å². The molecule has 0 fully saturated rings. The highest BCUT2D eigenvalue weighted by Crippen LogP contribution is 2.39. The zero-order valence-electron chi connectivity index (χ0n) is 28.8. The minimum atomic E-state index is 0.627. The highest BCUT2D eigenvalue weighted by atomic mass is 15.1. The van der Waals surface area contributed by atoms with Gasteiger partial charge in [0.15, 0.2) is 17.5 Å². The molecule has 0 bridgehead atoms. The van der Waals surface area contributed by atoms with Gasteiger partial charge in [-0.3, -0.25) is 0 Å². The molecule has 5 nitrogen and oxygen atoms in total. The fraction of sp³-hybridized carbons (Fsp3) is 0.0426. The van der Waals surface area contributed by atoms with Crippen molar-refractivity contribution in [2.24, 2.45) is 0 Å². The maximum absolute atomic E-state index is 5.11. The van der Waals surface area contributed by atoms with Crippen LogP contribution in [0.5, 0.6) is 0 Å². The fourth-order valence-corrected chi connectivity index (χ4v) is 7.68. The molecule has 0 aliphatic carbocycles. The Morgan fingerprint density at radius 1 is 0.365 bits per heavy atom.